The number of amides is 1. The zero-order valence-corrected chi connectivity index (χ0v) is 9.46. The number of para-hydroxylation sites is 3. The fraction of sp³-hybridized carbons (Fsp3) is 0. The number of anilines is 1. The molecule has 18 heavy (non-hydrogen) atoms. The summed E-state index contributed by atoms with van der Waals surface area (Å²) < 4.78 is 5.38. The molecule has 0 radical (unpaired) electrons. The van der Waals surface area contributed by atoms with E-state index < -0.39 is 0 Å². The first-order valence-corrected chi connectivity index (χ1v) is 5.55. The van der Waals surface area contributed by atoms with Gasteiger partial charge in [-0.2, -0.15) is 0 Å². The van der Waals surface area contributed by atoms with Crippen LogP contribution in [0.25, 0.3) is 11.1 Å². The van der Waals surface area contributed by atoms with Crippen molar-refractivity contribution in [3.8, 4) is 0 Å². The lowest BCUT2D eigenvalue weighted by molar-refractivity contribution is 0.0992. The molecule has 0 aliphatic carbocycles. The average Bonchev–Trinajstić information content (AvgIpc) is 2.84. The smallest absolute Gasteiger partial charge is 0.311 e. The van der Waals surface area contributed by atoms with Gasteiger partial charge in [-0.15, -0.1) is 0 Å². The quantitative estimate of drug-likeness (QED) is 0.746. The molecule has 0 aliphatic heterocycles. The number of nitrogens with zero attached hydrogens (tertiary/aromatic N) is 1. The first kappa shape index (κ1) is 10.5. The lowest BCUT2D eigenvalue weighted by Gasteiger charge is -2.00. The van der Waals surface area contributed by atoms with Gasteiger partial charge in [-0.1, -0.05) is 30.3 Å². The van der Waals surface area contributed by atoms with E-state index in [9.17, 15) is 4.79 Å². The van der Waals surface area contributed by atoms with Crippen molar-refractivity contribution in [1.82, 2.24) is 4.98 Å². The van der Waals surface area contributed by atoms with Gasteiger partial charge < -0.3 is 9.73 Å². The summed E-state index contributed by atoms with van der Waals surface area (Å²) in [5.41, 5.74) is 2.00. The first-order chi connectivity index (χ1) is 8.83. The topological polar surface area (TPSA) is 55.1 Å². The van der Waals surface area contributed by atoms with Gasteiger partial charge in [0, 0.05) is 5.69 Å². The first-order valence-electron chi connectivity index (χ1n) is 5.55. The molecule has 4 nitrogen and oxygen atoms in total. The van der Waals surface area contributed by atoms with Gasteiger partial charge in [0.15, 0.2) is 5.58 Å². The second-order valence-corrected chi connectivity index (χ2v) is 3.81. The summed E-state index contributed by atoms with van der Waals surface area (Å²) in [6.45, 7) is 0. The van der Waals surface area contributed by atoms with E-state index in [4.69, 9.17) is 4.42 Å². The molecule has 3 aromatic rings. The van der Waals surface area contributed by atoms with Crippen LogP contribution < -0.4 is 5.32 Å². The fourth-order valence-electron chi connectivity index (χ4n) is 1.68. The van der Waals surface area contributed by atoms with Crippen molar-refractivity contribution in [2.45, 2.75) is 0 Å². The number of rotatable bonds is 2. The monoisotopic (exact) mass is 238 g/mol. The maximum atomic E-state index is 11.9. The van der Waals surface area contributed by atoms with Gasteiger partial charge in [0.1, 0.15) is 5.52 Å². The van der Waals surface area contributed by atoms with E-state index in [1.54, 1.807) is 24.3 Å². The third kappa shape index (κ3) is 1.96. The minimum Gasteiger partial charge on any atom is -0.432 e. The van der Waals surface area contributed by atoms with Gasteiger partial charge in [-0.05, 0) is 24.3 Å². The predicted octanol–water partition coefficient (Wildman–Crippen LogP) is 3.08. The normalized spacial score (nSPS) is 10.4. The van der Waals surface area contributed by atoms with E-state index in [0.29, 0.717) is 16.8 Å². The van der Waals surface area contributed by atoms with Crippen LogP contribution in [0.15, 0.2) is 59.0 Å². The van der Waals surface area contributed by atoms with Gasteiger partial charge in [0.05, 0.1) is 0 Å². The zero-order chi connectivity index (χ0) is 12.4. The molecule has 0 saturated carbocycles. The van der Waals surface area contributed by atoms with Crippen molar-refractivity contribution < 1.29 is 9.21 Å². The zero-order valence-electron chi connectivity index (χ0n) is 9.46. The lowest BCUT2D eigenvalue weighted by Crippen LogP contribution is -2.11. The Balaban J connectivity index is 1.88. The number of benzene rings is 2. The molecule has 4 heteroatoms. The van der Waals surface area contributed by atoms with Crippen molar-refractivity contribution in [3.63, 3.8) is 0 Å². The van der Waals surface area contributed by atoms with Crippen LogP contribution in [0.5, 0.6) is 0 Å². The molecule has 1 heterocycles. The summed E-state index contributed by atoms with van der Waals surface area (Å²) in [7, 11) is 0. The van der Waals surface area contributed by atoms with Gasteiger partial charge in [0.25, 0.3) is 5.89 Å². The van der Waals surface area contributed by atoms with E-state index in [1.807, 2.05) is 30.3 Å². The summed E-state index contributed by atoms with van der Waals surface area (Å²) in [6.07, 6.45) is 0. The highest BCUT2D eigenvalue weighted by Gasteiger charge is 2.13. The van der Waals surface area contributed by atoms with E-state index in [2.05, 4.69) is 10.3 Å². The highest BCUT2D eigenvalue weighted by atomic mass is 16.4. The Morgan fingerprint density at radius 1 is 1.00 bits per heavy atom. The van der Waals surface area contributed by atoms with Crippen molar-refractivity contribution >= 4 is 22.7 Å². The summed E-state index contributed by atoms with van der Waals surface area (Å²) in [5.74, 6) is -0.280. The Kier molecular flexibility index (Phi) is 2.53. The molecular weight excluding hydrogens is 228 g/mol. The number of hydrogen-bond donors (Lipinski definition) is 1. The molecule has 1 amide bonds. The maximum absolute atomic E-state index is 11.9. The van der Waals surface area contributed by atoms with Crippen LogP contribution in [0.1, 0.15) is 10.7 Å². The minimum absolute atomic E-state index is 0.0695. The van der Waals surface area contributed by atoms with Gasteiger partial charge >= 0.3 is 5.91 Å². The lowest BCUT2D eigenvalue weighted by atomic mass is 10.3. The minimum atomic E-state index is -0.350. The van der Waals surface area contributed by atoms with Crippen molar-refractivity contribution in [1.29, 1.82) is 0 Å². The van der Waals surface area contributed by atoms with Crippen LogP contribution in [-0.2, 0) is 0 Å². The molecule has 0 bridgehead atoms. The van der Waals surface area contributed by atoms with Crippen LogP contribution in [0, 0.1) is 0 Å². The highest BCUT2D eigenvalue weighted by Crippen LogP contribution is 2.15. The van der Waals surface area contributed by atoms with Crippen LogP contribution >= 0.6 is 0 Å². The molecule has 0 spiro atoms. The third-order valence-corrected chi connectivity index (χ3v) is 2.52. The van der Waals surface area contributed by atoms with Crippen LogP contribution in [0.2, 0.25) is 0 Å². The second-order valence-electron chi connectivity index (χ2n) is 3.81. The number of carbonyl (C=O) groups excluding carboxylic acids is 1. The fourth-order valence-corrected chi connectivity index (χ4v) is 1.68. The maximum Gasteiger partial charge on any atom is 0.311 e. The van der Waals surface area contributed by atoms with Crippen molar-refractivity contribution in [3.05, 3.63) is 60.5 Å². The molecule has 3 rings (SSSR count). The Bertz CT molecular complexity index is 656. The SMILES string of the molecule is O=C(Nc1ccccc1)c1nc2ccccc2o1. The average molecular weight is 238 g/mol. The highest BCUT2D eigenvalue weighted by molar-refractivity contribution is 6.02. The number of nitrogens with one attached hydrogen (secondary N) is 1. The Morgan fingerprint density at radius 2 is 1.72 bits per heavy atom. The number of carbonyl (C=O) groups is 1. The van der Waals surface area contributed by atoms with Crippen LogP contribution in [0.4, 0.5) is 5.69 Å². The van der Waals surface area contributed by atoms with Crippen molar-refractivity contribution in [2.75, 3.05) is 5.32 Å². The van der Waals surface area contributed by atoms with E-state index in [0.717, 1.165) is 0 Å². The molecule has 88 valence electrons. The molecule has 0 fully saturated rings. The number of oxazole rings is 1. The molecule has 1 N–H and O–H groups in total. The van der Waals surface area contributed by atoms with Crippen molar-refractivity contribution in [2.24, 2.45) is 0 Å². The largest absolute Gasteiger partial charge is 0.432 e. The molecular formula is C14H10N2O2. The summed E-state index contributed by atoms with van der Waals surface area (Å²) in [4.78, 5) is 16.0. The Hall–Kier alpha value is -2.62. The Morgan fingerprint density at radius 3 is 2.50 bits per heavy atom. The molecule has 1 aromatic heterocycles. The van der Waals surface area contributed by atoms with E-state index in [-0.39, 0.29) is 11.8 Å². The van der Waals surface area contributed by atoms with Gasteiger partial charge in [-0.3, -0.25) is 4.79 Å². The number of aromatic nitrogens is 1. The molecule has 0 aliphatic rings. The number of fused-ring (bicyclic) bond motifs is 1. The standard InChI is InChI=1S/C14H10N2O2/c17-13(15-10-6-2-1-3-7-10)14-16-11-8-4-5-9-12(11)18-14/h1-9H,(H,15,17). The summed E-state index contributed by atoms with van der Waals surface area (Å²) >= 11 is 0. The Labute approximate surface area is 103 Å². The van der Waals surface area contributed by atoms with E-state index >= 15 is 0 Å². The van der Waals surface area contributed by atoms with E-state index in [1.165, 1.54) is 0 Å². The van der Waals surface area contributed by atoms with Gasteiger partial charge in [-0.25, -0.2) is 4.98 Å². The molecule has 2 aromatic carbocycles. The molecule has 0 unspecified atom stereocenters. The number of hydrogen-bond acceptors (Lipinski definition) is 3. The second kappa shape index (κ2) is 4.33. The molecule has 0 atom stereocenters. The predicted molar refractivity (Wildman–Crippen MR) is 68.4 cm³/mol. The van der Waals surface area contributed by atoms with Gasteiger partial charge in [0.2, 0.25) is 0 Å². The summed E-state index contributed by atoms with van der Waals surface area (Å²) in [5, 5.41) is 2.72. The van der Waals surface area contributed by atoms with Crippen LogP contribution in [0.3, 0.4) is 0 Å². The van der Waals surface area contributed by atoms with Crippen LogP contribution in [-0.4, -0.2) is 10.9 Å². The summed E-state index contributed by atoms with van der Waals surface area (Å²) in [6, 6.07) is 16.5. The molecule has 0 saturated heterocycles. The third-order valence-electron chi connectivity index (χ3n) is 2.52.